The highest BCUT2D eigenvalue weighted by atomic mass is 16.5. The van der Waals surface area contributed by atoms with Crippen molar-refractivity contribution in [2.24, 2.45) is 0 Å². The minimum Gasteiger partial charge on any atom is -0.462 e. The van der Waals surface area contributed by atoms with Crippen LogP contribution in [0, 0.1) is 6.92 Å². The molecule has 3 aromatic heterocycles. The number of nitrogens with zero attached hydrogens (tertiary/aromatic N) is 4. The molecular formula is C26H28N6O2. The largest absolute Gasteiger partial charge is 0.462 e. The predicted octanol–water partition coefficient (Wildman–Crippen LogP) is 3.45. The van der Waals surface area contributed by atoms with Gasteiger partial charge in [0.15, 0.2) is 0 Å². The summed E-state index contributed by atoms with van der Waals surface area (Å²) in [6.45, 7) is 7.44. The molecule has 2 N–H and O–H groups in total. The molecule has 1 fully saturated rings. The van der Waals surface area contributed by atoms with Gasteiger partial charge in [-0.2, -0.15) is 0 Å². The third-order valence-electron chi connectivity index (χ3n) is 6.04. The predicted molar refractivity (Wildman–Crippen MR) is 132 cm³/mol. The molecule has 34 heavy (non-hydrogen) atoms. The van der Waals surface area contributed by atoms with Crippen LogP contribution in [-0.4, -0.2) is 70.1 Å². The van der Waals surface area contributed by atoms with Crippen molar-refractivity contribution in [3.05, 3.63) is 66.2 Å². The van der Waals surface area contributed by atoms with Crippen LogP contribution in [0.15, 0.2) is 55.0 Å². The normalized spacial score (nSPS) is 14.4. The highest BCUT2D eigenvalue weighted by Crippen LogP contribution is 2.30. The maximum absolute atomic E-state index is 12.6. The number of hydrogen-bond acceptors (Lipinski definition) is 7. The molecule has 4 heterocycles. The van der Waals surface area contributed by atoms with E-state index >= 15 is 0 Å². The van der Waals surface area contributed by atoms with E-state index in [2.05, 4.69) is 30.2 Å². The Kier molecular flexibility index (Phi) is 6.60. The van der Waals surface area contributed by atoms with Gasteiger partial charge >= 0.3 is 5.97 Å². The minimum absolute atomic E-state index is 0.343. The summed E-state index contributed by atoms with van der Waals surface area (Å²) in [6.07, 6.45) is 4.08. The third-order valence-corrected chi connectivity index (χ3v) is 6.04. The number of esters is 1. The van der Waals surface area contributed by atoms with Gasteiger partial charge in [0.05, 0.1) is 41.1 Å². The summed E-state index contributed by atoms with van der Waals surface area (Å²) in [6, 6.07) is 13.7. The Morgan fingerprint density at radius 1 is 1.12 bits per heavy atom. The number of carbonyl (C=O) groups is 1. The highest BCUT2D eigenvalue weighted by molar-refractivity contribution is 5.95. The van der Waals surface area contributed by atoms with E-state index in [1.165, 1.54) is 0 Å². The van der Waals surface area contributed by atoms with Gasteiger partial charge in [0.2, 0.25) is 0 Å². The Bertz CT molecular complexity index is 1300. The van der Waals surface area contributed by atoms with E-state index in [-0.39, 0.29) is 5.97 Å². The SMILES string of the molecule is Cc1cccc(-c2[nH]cnc2-c2ccc3ncc(C(=O)OCCCN4CCNCC4)cc3c2)n1. The number of rotatable bonds is 7. The number of carbonyl (C=O) groups excluding carboxylic acids is 1. The van der Waals surface area contributed by atoms with Crippen molar-refractivity contribution >= 4 is 16.9 Å². The number of ether oxygens (including phenoxy) is 1. The van der Waals surface area contributed by atoms with Crippen molar-refractivity contribution < 1.29 is 9.53 Å². The number of aryl methyl sites for hydroxylation is 1. The monoisotopic (exact) mass is 456 g/mol. The molecule has 0 saturated carbocycles. The first-order chi connectivity index (χ1) is 16.7. The molecule has 0 radical (unpaired) electrons. The molecule has 8 heteroatoms. The zero-order valence-electron chi connectivity index (χ0n) is 19.3. The molecule has 0 amide bonds. The van der Waals surface area contributed by atoms with Crippen molar-refractivity contribution in [1.82, 2.24) is 30.2 Å². The zero-order chi connectivity index (χ0) is 23.3. The molecule has 5 rings (SSSR count). The summed E-state index contributed by atoms with van der Waals surface area (Å²) in [4.78, 5) is 31.8. The van der Waals surface area contributed by atoms with E-state index in [4.69, 9.17) is 4.74 Å². The molecular weight excluding hydrogens is 428 g/mol. The molecule has 0 unspecified atom stereocenters. The van der Waals surface area contributed by atoms with Crippen molar-refractivity contribution in [1.29, 1.82) is 0 Å². The van der Waals surface area contributed by atoms with Crippen LogP contribution >= 0.6 is 0 Å². The molecule has 1 saturated heterocycles. The summed E-state index contributed by atoms with van der Waals surface area (Å²) in [5.41, 5.74) is 5.63. The quantitative estimate of drug-likeness (QED) is 0.325. The molecule has 0 spiro atoms. The van der Waals surface area contributed by atoms with E-state index in [0.717, 1.165) is 78.4 Å². The standard InChI is InChI=1S/C26H28N6O2/c1-18-4-2-5-23(31-18)25-24(29-17-30-25)19-6-7-22-20(14-19)15-21(16-28-22)26(33)34-13-3-10-32-11-8-27-9-12-32/h2,4-7,14-17,27H,3,8-13H2,1H3,(H,29,30). The van der Waals surface area contributed by atoms with Gasteiger partial charge in [-0.05, 0) is 43.7 Å². The van der Waals surface area contributed by atoms with Crippen molar-refractivity contribution in [3.63, 3.8) is 0 Å². The zero-order valence-corrected chi connectivity index (χ0v) is 19.3. The van der Waals surface area contributed by atoms with E-state index in [9.17, 15) is 4.79 Å². The van der Waals surface area contributed by atoms with E-state index in [0.29, 0.717) is 12.2 Å². The lowest BCUT2D eigenvalue weighted by molar-refractivity contribution is 0.0486. The molecule has 0 atom stereocenters. The van der Waals surface area contributed by atoms with Crippen LogP contribution in [-0.2, 0) is 4.74 Å². The fourth-order valence-electron chi connectivity index (χ4n) is 4.25. The molecule has 0 bridgehead atoms. The molecule has 4 aromatic rings. The summed E-state index contributed by atoms with van der Waals surface area (Å²) in [5, 5.41) is 4.20. The number of imidazole rings is 1. The fraction of sp³-hybridized carbons (Fsp3) is 0.308. The lowest BCUT2D eigenvalue weighted by atomic mass is 10.0. The third kappa shape index (κ3) is 4.98. The lowest BCUT2D eigenvalue weighted by Gasteiger charge is -2.26. The summed E-state index contributed by atoms with van der Waals surface area (Å²) in [5.74, 6) is -0.343. The Labute approximate surface area is 198 Å². The first kappa shape index (κ1) is 22.2. The molecule has 1 aliphatic heterocycles. The number of piperazine rings is 1. The van der Waals surface area contributed by atoms with Gasteiger partial charge in [0.1, 0.15) is 0 Å². The van der Waals surface area contributed by atoms with Crippen LogP contribution in [0.25, 0.3) is 33.5 Å². The van der Waals surface area contributed by atoms with E-state index in [1.54, 1.807) is 12.5 Å². The van der Waals surface area contributed by atoms with Crippen LogP contribution in [0.3, 0.4) is 0 Å². The van der Waals surface area contributed by atoms with Crippen LogP contribution in [0.5, 0.6) is 0 Å². The average molecular weight is 457 g/mol. The van der Waals surface area contributed by atoms with Crippen molar-refractivity contribution in [3.8, 4) is 22.6 Å². The smallest absolute Gasteiger partial charge is 0.339 e. The van der Waals surface area contributed by atoms with Crippen LogP contribution in [0.2, 0.25) is 0 Å². The maximum Gasteiger partial charge on any atom is 0.339 e. The number of aromatic nitrogens is 4. The van der Waals surface area contributed by atoms with E-state index < -0.39 is 0 Å². The summed E-state index contributed by atoms with van der Waals surface area (Å²) >= 11 is 0. The molecule has 1 aliphatic rings. The summed E-state index contributed by atoms with van der Waals surface area (Å²) < 4.78 is 5.51. The molecule has 8 nitrogen and oxygen atoms in total. The van der Waals surface area contributed by atoms with Crippen molar-refractivity contribution in [2.75, 3.05) is 39.3 Å². The second kappa shape index (κ2) is 10.1. The van der Waals surface area contributed by atoms with E-state index in [1.807, 2.05) is 49.4 Å². The average Bonchev–Trinajstić information content (AvgIpc) is 3.37. The van der Waals surface area contributed by atoms with Crippen LogP contribution < -0.4 is 5.32 Å². The Hall–Kier alpha value is -3.62. The lowest BCUT2D eigenvalue weighted by Crippen LogP contribution is -2.43. The van der Waals surface area contributed by atoms with Crippen LogP contribution in [0.4, 0.5) is 0 Å². The van der Waals surface area contributed by atoms with Crippen molar-refractivity contribution in [2.45, 2.75) is 13.3 Å². The summed E-state index contributed by atoms with van der Waals surface area (Å²) in [7, 11) is 0. The van der Waals surface area contributed by atoms with Gasteiger partial charge in [-0.1, -0.05) is 12.1 Å². The fourth-order valence-corrected chi connectivity index (χ4v) is 4.25. The highest BCUT2D eigenvalue weighted by Gasteiger charge is 2.15. The van der Waals surface area contributed by atoms with Crippen LogP contribution in [0.1, 0.15) is 22.5 Å². The molecule has 174 valence electrons. The minimum atomic E-state index is -0.343. The second-order valence-corrected chi connectivity index (χ2v) is 8.50. The second-order valence-electron chi connectivity index (χ2n) is 8.50. The molecule has 1 aromatic carbocycles. The number of benzene rings is 1. The number of fused-ring (bicyclic) bond motifs is 1. The Morgan fingerprint density at radius 3 is 2.85 bits per heavy atom. The van der Waals surface area contributed by atoms with Gasteiger partial charge in [-0.15, -0.1) is 0 Å². The first-order valence-electron chi connectivity index (χ1n) is 11.7. The molecule has 0 aliphatic carbocycles. The topological polar surface area (TPSA) is 96.0 Å². The Balaban J connectivity index is 1.30. The van der Waals surface area contributed by atoms with Gasteiger partial charge < -0.3 is 19.9 Å². The van der Waals surface area contributed by atoms with Gasteiger partial charge in [0.25, 0.3) is 0 Å². The van der Waals surface area contributed by atoms with Gasteiger partial charge in [-0.25, -0.2) is 9.78 Å². The number of pyridine rings is 2. The number of aromatic amines is 1. The van der Waals surface area contributed by atoms with Gasteiger partial charge in [0, 0.05) is 55.6 Å². The number of nitrogens with one attached hydrogen (secondary N) is 2. The number of H-pyrrole nitrogens is 1. The van der Waals surface area contributed by atoms with Gasteiger partial charge in [-0.3, -0.25) is 9.97 Å². The first-order valence-corrected chi connectivity index (χ1v) is 11.7. The number of hydrogen-bond donors (Lipinski definition) is 2. The Morgan fingerprint density at radius 2 is 2.00 bits per heavy atom. The maximum atomic E-state index is 12.6.